The number of rotatable bonds is 5. The van der Waals surface area contributed by atoms with Gasteiger partial charge in [0.15, 0.2) is 0 Å². The number of aromatic amines is 1. The van der Waals surface area contributed by atoms with Crippen LogP contribution in [0.2, 0.25) is 0 Å². The first-order valence-electron chi connectivity index (χ1n) is 6.14. The predicted octanol–water partition coefficient (Wildman–Crippen LogP) is -0.741. The van der Waals surface area contributed by atoms with Crippen LogP contribution in [0.4, 0.5) is 0 Å². The van der Waals surface area contributed by atoms with Gasteiger partial charge >= 0.3 is 6.10 Å². The highest BCUT2D eigenvalue weighted by Crippen LogP contribution is 2.21. The summed E-state index contributed by atoms with van der Waals surface area (Å²) in [6.45, 7) is 0.758. The average Bonchev–Trinajstić information content (AvgIpc) is 2.69. The number of hydrogen-bond acceptors (Lipinski definition) is 6. The Hall–Kier alpha value is -1.48. The molecule has 1 aromatic heterocycles. The summed E-state index contributed by atoms with van der Waals surface area (Å²) in [7, 11) is 0. The van der Waals surface area contributed by atoms with E-state index in [4.69, 9.17) is 15.3 Å². The minimum atomic E-state index is -3.32. The molecule has 20 heavy (non-hydrogen) atoms. The normalized spacial score (nSPS) is 13.3. The van der Waals surface area contributed by atoms with Crippen LogP contribution in [-0.4, -0.2) is 54.0 Å². The van der Waals surface area contributed by atoms with Crippen LogP contribution in [0, 0.1) is 0 Å². The molecule has 0 amide bonds. The van der Waals surface area contributed by atoms with Crippen LogP contribution >= 0.6 is 0 Å². The summed E-state index contributed by atoms with van der Waals surface area (Å²) in [6.07, 6.45) is -1.28. The molecule has 2 rings (SSSR count). The van der Waals surface area contributed by atoms with Crippen molar-refractivity contribution in [2.24, 2.45) is 0 Å². The molecule has 0 aliphatic carbocycles. The van der Waals surface area contributed by atoms with Crippen molar-refractivity contribution in [2.45, 2.75) is 25.4 Å². The van der Waals surface area contributed by atoms with Crippen molar-refractivity contribution < 1.29 is 25.5 Å². The second-order valence-corrected chi connectivity index (χ2v) is 4.83. The van der Waals surface area contributed by atoms with Gasteiger partial charge in [-0.15, -0.1) is 0 Å². The Morgan fingerprint density at radius 3 is 2.35 bits per heavy atom. The zero-order valence-electron chi connectivity index (χ0n) is 11.0. The second kappa shape index (κ2) is 5.13. The number of benzene rings is 1. The van der Waals surface area contributed by atoms with Gasteiger partial charge in [0.1, 0.15) is 0 Å². The third-order valence-electron chi connectivity index (χ3n) is 3.15. The van der Waals surface area contributed by atoms with Gasteiger partial charge < -0.3 is 30.5 Å². The Balaban J connectivity index is 2.18. The standard InChI is InChI=1S/C13H18N2O5/c1-12(16,17)15(13(18,19)20)7-6-9-8-14-11-5-3-2-4-10(9)11/h2-5,8,14,16-20H,6-7H2,1H3. The number of aromatic nitrogens is 1. The zero-order chi connectivity index (χ0) is 15.0. The molecule has 0 bridgehead atoms. The van der Waals surface area contributed by atoms with Gasteiger partial charge in [-0.1, -0.05) is 18.2 Å². The smallest absolute Gasteiger partial charge is 0.350 e. The molecule has 0 fully saturated rings. The Bertz CT molecular complexity index is 568. The van der Waals surface area contributed by atoms with Gasteiger partial charge in [-0.2, -0.15) is 4.90 Å². The van der Waals surface area contributed by atoms with Crippen molar-refractivity contribution in [2.75, 3.05) is 6.54 Å². The molecule has 0 atom stereocenters. The molecule has 1 heterocycles. The molecule has 0 radical (unpaired) electrons. The van der Waals surface area contributed by atoms with Gasteiger partial charge in [0.2, 0.25) is 5.91 Å². The molecule has 7 heteroatoms. The van der Waals surface area contributed by atoms with E-state index in [1.54, 1.807) is 6.20 Å². The van der Waals surface area contributed by atoms with E-state index in [0.717, 1.165) is 23.4 Å². The van der Waals surface area contributed by atoms with E-state index < -0.39 is 12.0 Å². The fourth-order valence-corrected chi connectivity index (χ4v) is 2.22. The summed E-state index contributed by atoms with van der Waals surface area (Å²) < 4.78 is 0. The van der Waals surface area contributed by atoms with Gasteiger partial charge in [-0.05, 0) is 18.1 Å². The lowest BCUT2D eigenvalue weighted by atomic mass is 10.1. The van der Waals surface area contributed by atoms with Crippen LogP contribution in [0.5, 0.6) is 0 Å². The first kappa shape index (κ1) is 14.9. The number of aliphatic hydroxyl groups is 5. The zero-order valence-corrected chi connectivity index (χ0v) is 11.0. The van der Waals surface area contributed by atoms with Crippen LogP contribution < -0.4 is 0 Å². The largest absolute Gasteiger partial charge is 0.361 e. The third-order valence-corrected chi connectivity index (χ3v) is 3.15. The lowest BCUT2D eigenvalue weighted by Gasteiger charge is -2.37. The Morgan fingerprint density at radius 2 is 1.75 bits per heavy atom. The Morgan fingerprint density at radius 1 is 1.10 bits per heavy atom. The molecule has 7 nitrogen and oxygen atoms in total. The molecule has 0 spiro atoms. The van der Waals surface area contributed by atoms with E-state index in [-0.39, 0.29) is 13.0 Å². The highest BCUT2D eigenvalue weighted by Gasteiger charge is 2.41. The molecule has 0 saturated carbocycles. The Kier molecular flexibility index (Phi) is 3.83. The molecule has 0 aliphatic rings. The number of para-hydroxylation sites is 1. The molecule has 0 unspecified atom stereocenters. The van der Waals surface area contributed by atoms with E-state index in [1.165, 1.54) is 0 Å². The molecule has 1 aromatic carbocycles. The highest BCUT2D eigenvalue weighted by molar-refractivity contribution is 5.83. The molecular weight excluding hydrogens is 264 g/mol. The Labute approximate surface area is 115 Å². The molecule has 0 aliphatic heterocycles. The van der Waals surface area contributed by atoms with Gasteiger partial charge in [-0.25, -0.2) is 0 Å². The number of hydrogen-bond donors (Lipinski definition) is 6. The summed E-state index contributed by atoms with van der Waals surface area (Å²) in [6, 6.07) is 7.54. The molecule has 2 aromatic rings. The second-order valence-electron chi connectivity index (χ2n) is 4.83. The SMILES string of the molecule is CC(O)(O)N(CCc1c[nH]c2ccccc12)C(O)(O)O. The number of nitrogens with one attached hydrogen (secondary N) is 1. The average molecular weight is 282 g/mol. The predicted molar refractivity (Wildman–Crippen MR) is 70.9 cm³/mol. The van der Waals surface area contributed by atoms with Gasteiger partial charge in [0, 0.05) is 30.6 Å². The lowest BCUT2D eigenvalue weighted by molar-refractivity contribution is -0.457. The van der Waals surface area contributed by atoms with Crippen LogP contribution in [0.1, 0.15) is 12.5 Å². The van der Waals surface area contributed by atoms with Crippen molar-refractivity contribution in [1.82, 2.24) is 9.88 Å². The number of nitrogens with zero attached hydrogens (tertiary/aromatic N) is 1. The van der Waals surface area contributed by atoms with Gasteiger partial charge in [0.25, 0.3) is 0 Å². The van der Waals surface area contributed by atoms with Crippen LogP contribution in [0.15, 0.2) is 30.5 Å². The van der Waals surface area contributed by atoms with E-state index in [0.29, 0.717) is 4.90 Å². The minimum absolute atomic E-state index is 0.172. The van der Waals surface area contributed by atoms with Crippen molar-refractivity contribution in [1.29, 1.82) is 0 Å². The molecule has 0 saturated heterocycles. The van der Waals surface area contributed by atoms with Crippen LogP contribution in [-0.2, 0) is 6.42 Å². The fraction of sp³-hybridized carbons (Fsp3) is 0.385. The first-order valence-corrected chi connectivity index (χ1v) is 6.14. The maximum Gasteiger partial charge on any atom is 0.350 e. The lowest BCUT2D eigenvalue weighted by Crippen LogP contribution is -2.60. The number of H-pyrrole nitrogens is 1. The fourth-order valence-electron chi connectivity index (χ4n) is 2.22. The molecule has 6 N–H and O–H groups in total. The summed E-state index contributed by atoms with van der Waals surface area (Å²) >= 11 is 0. The monoisotopic (exact) mass is 282 g/mol. The molecule has 110 valence electrons. The van der Waals surface area contributed by atoms with Crippen LogP contribution in [0.3, 0.4) is 0 Å². The van der Waals surface area contributed by atoms with E-state index in [2.05, 4.69) is 4.98 Å². The van der Waals surface area contributed by atoms with E-state index in [1.807, 2.05) is 24.3 Å². The minimum Gasteiger partial charge on any atom is -0.361 e. The van der Waals surface area contributed by atoms with Crippen molar-refractivity contribution in [3.05, 3.63) is 36.0 Å². The summed E-state index contributed by atoms with van der Waals surface area (Å²) in [5, 5.41) is 47.3. The first-order chi connectivity index (χ1) is 9.19. The molecular formula is C13H18N2O5. The van der Waals surface area contributed by atoms with Crippen LogP contribution in [0.25, 0.3) is 10.9 Å². The van der Waals surface area contributed by atoms with Gasteiger partial charge in [-0.3, -0.25) is 0 Å². The quantitative estimate of drug-likeness (QED) is 0.402. The maximum absolute atomic E-state index is 9.45. The maximum atomic E-state index is 9.45. The van der Waals surface area contributed by atoms with Crippen molar-refractivity contribution >= 4 is 10.9 Å². The summed E-state index contributed by atoms with van der Waals surface area (Å²) in [5.74, 6) is -2.57. The number of fused-ring (bicyclic) bond motifs is 1. The topological polar surface area (TPSA) is 120 Å². The van der Waals surface area contributed by atoms with Gasteiger partial charge in [0.05, 0.1) is 0 Å². The van der Waals surface area contributed by atoms with E-state index in [9.17, 15) is 10.2 Å². The van der Waals surface area contributed by atoms with Crippen molar-refractivity contribution in [3.8, 4) is 0 Å². The van der Waals surface area contributed by atoms with E-state index >= 15 is 0 Å². The highest BCUT2D eigenvalue weighted by atomic mass is 16.7. The third kappa shape index (κ3) is 3.15. The summed E-state index contributed by atoms with van der Waals surface area (Å²) in [5.41, 5.74) is 1.78. The summed E-state index contributed by atoms with van der Waals surface area (Å²) in [4.78, 5) is 3.42. The van der Waals surface area contributed by atoms with Crippen molar-refractivity contribution in [3.63, 3.8) is 0 Å².